The molecule has 0 aliphatic rings. The highest BCUT2D eigenvalue weighted by Gasteiger charge is 2.12. The summed E-state index contributed by atoms with van der Waals surface area (Å²) in [4.78, 5) is 25.7. The van der Waals surface area contributed by atoms with E-state index in [9.17, 15) is 9.59 Å². The van der Waals surface area contributed by atoms with Crippen LogP contribution in [-0.2, 0) is 0 Å². The first-order chi connectivity index (χ1) is 13.0. The van der Waals surface area contributed by atoms with E-state index in [1.807, 2.05) is 12.1 Å². The quantitative estimate of drug-likeness (QED) is 0.544. The number of aromatic nitrogens is 1. The van der Waals surface area contributed by atoms with Gasteiger partial charge >= 0.3 is 11.9 Å². The van der Waals surface area contributed by atoms with Crippen molar-refractivity contribution in [3.8, 4) is 17.6 Å². The van der Waals surface area contributed by atoms with E-state index in [0.29, 0.717) is 12.2 Å². The molecule has 0 radical (unpaired) electrons. The lowest BCUT2D eigenvalue weighted by molar-refractivity contribution is 0.0685. The molecule has 0 bridgehead atoms. The van der Waals surface area contributed by atoms with Gasteiger partial charge in [-0.1, -0.05) is 38.0 Å². The largest absolute Gasteiger partial charge is 0.494 e. The van der Waals surface area contributed by atoms with Gasteiger partial charge in [0.15, 0.2) is 0 Å². The Morgan fingerprint density at radius 3 is 2.07 bits per heavy atom. The molecular weight excluding hydrogens is 346 g/mol. The zero-order chi connectivity index (χ0) is 19.6. The van der Waals surface area contributed by atoms with Crippen LogP contribution in [0.4, 0.5) is 0 Å². The van der Waals surface area contributed by atoms with Gasteiger partial charge in [-0.2, -0.15) is 0 Å². The lowest BCUT2D eigenvalue weighted by atomic mass is 10.1. The Balaban J connectivity index is 2.06. The molecule has 0 amide bonds. The molecule has 0 fully saturated rings. The Morgan fingerprint density at radius 1 is 0.926 bits per heavy atom. The van der Waals surface area contributed by atoms with Crippen LogP contribution in [0.5, 0.6) is 5.75 Å². The van der Waals surface area contributed by atoms with Gasteiger partial charge in [0, 0.05) is 11.1 Å². The average Bonchev–Trinajstić information content (AvgIpc) is 2.66. The number of carboxylic acid groups (broad SMARTS) is 2. The topological polar surface area (TPSA) is 96.7 Å². The second kappa shape index (κ2) is 9.97. The molecule has 0 unspecified atom stereocenters. The Morgan fingerprint density at radius 2 is 1.52 bits per heavy atom. The summed E-state index contributed by atoms with van der Waals surface area (Å²) in [6.45, 7) is 2.84. The maximum absolute atomic E-state index is 11.1. The summed E-state index contributed by atoms with van der Waals surface area (Å²) in [5.41, 5.74) is 0.270. The van der Waals surface area contributed by atoms with Gasteiger partial charge in [-0.3, -0.25) is 0 Å². The molecule has 1 aromatic heterocycles. The van der Waals surface area contributed by atoms with Gasteiger partial charge in [-0.05, 0) is 42.8 Å². The molecule has 27 heavy (non-hydrogen) atoms. The molecule has 2 N–H and O–H groups in total. The van der Waals surface area contributed by atoms with E-state index >= 15 is 0 Å². The zero-order valence-electron chi connectivity index (χ0n) is 15.1. The first-order valence-electron chi connectivity index (χ1n) is 8.73. The van der Waals surface area contributed by atoms with Crippen LogP contribution in [0.2, 0.25) is 0 Å². The van der Waals surface area contributed by atoms with Crippen molar-refractivity contribution in [1.29, 1.82) is 0 Å². The van der Waals surface area contributed by atoms with Crippen molar-refractivity contribution in [3.63, 3.8) is 0 Å². The second-order valence-corrected chi connectivity index (χ2v) is 5.92. The van der Waals surface area contributed by atoms with Crippen molar-refractivity contribution < 1.29 is 24.5 Å². The Labute approximate surface area is 157 Å². The lowest BCUT2D eigenvalue weighted by Crippen LogP contribution is -2.08. The molecule has 0 aliphatic heterocycles. The van der Waals surface area contributed by atoms with Gasteiger partial charge in [0.25, 0.3) is 0 Å². The predicted octanol–water partition coefficient (Wildman–Crippen LogP) is 3.84. The molecular formula is C21H21NO5. The number of rotatable bonds is 8. The van der Waals surface area contributed by atoms with E-state index in [-0.39, 0.29) is 17.0 Å². The molecule has 1 heterocycles. The molecule has 0 spiro atoms. The van der Waals surface area contributed by atoms with Crippen molar-refractivity contribution in [2.75, 3.05) is 6.61 Å². The van der Waals surface area contributed by atoms with Crippen LogP contribution in [0.3, 0.4) is 0 Å². The molecule has 2 rings (SSSR count). The molecule has 0 aliphatic carbocycles. The fraction of sp³-hybridized carbons (Fsp3) is 0.286. The smallest absolute Gasteiger partial charge is 0.354 e. The van der Waals surface area contributed by atoms with E-state index < -0.39 is 11.9 Å². The number of pyridine rings is 1. The number of benzene rings is 1. The normalized spacial score (nSPS) is 9.96. The van der Waals surface area contributed by atoms with Crippen LogP contribution in [-0.4, -0.2) is 33.7 Å². The molecule has 0 saturated heterocycles. The fourth-order valence-electron chi connectivity index (χ4n) is 2.32. The highest BCUT2D eigenvalue weighted by molar-refractivity contribution is 5.90. The van der Waals surface area contributed by atoms with E-state index in [1.54, 1.807) is 12.1 Å². The number of hydrogen-bond acceptors (Lipinski definition) is 4. The Kier molecular flexibility index (Phi) is 7.38. The zero-order valence-corrected chi connectivity index (χ0v) is 15.1. The van der Waals surface area contributed by atoms with Crippen molar-refractivity contribution in [1.82, 2.24) is 4.98 Å². The van der Waals surface area contributed by atoms with Crippen LogP contribution in [0, 0.1) is 11.8 Å². The number of aromatic carboxylic acids is 2. The minimum Gasteiger partial charge on any atom is -0.494 e. The summed E-state index contributed by atoms with van der Waals surface area (Å²) >= 11 is 0. The maximum atomic E-state index is 11.1. The van der Waals surface area contributed by atoms with Gasteiger partial charge in [0.2, 0.25) is 0 Å². The first kappa shape index (κ1) is 20.0. The number of hydrogen-bond donors (Lipinski definition) is 2. The van der Waals surface area contributed by atoms with Crippen molar-refractivity contribution in [3.05, 3.63) is 58.9 Å². The summed E-state index contributed by atoms with van der Waals surface area (Å²) in [5.74, 6) is 3.82. The average molecular weight is 367 g/mol. The molecule has 140 valence electrons. The van der Waals surface area contributed by atoms with E-state index in [0.717, 1.165) is 18.6 Å². The van der Waals surface area contributed by atoms with Crippen LogP contribution < -0.4 is 4.74 Å². The summed E-state index contributed by atoms with van der Waals surface area (Å²) in [6, 6.07) is 9.73. The van der Waals surface area contributed by atoms with Crippen LogP contribution in [0.25, 0.3) is 0 Å². The second-order valence-electron chi connectivity index (χ2n) is 5.92. The molecule has 1 aromatic carbocycles. The summed E-state index contributed by atoms with van der Waals surface area (Å²) in [6.07, 6.45) is 4.57. The third-order valence-corrected chi connectivity index (χ3v) is 3.74. The highest BCUT2D eigenvalue weighted by atomic mass is 16.5. The van der Waals surface area contributed by atoms with Gasteiger partial charge in [-0.15, -0.1) is 0 Å². The van der Waals surface area contributed by atoms with Gasteiger partial charge in [-0.25, -0.2) is 14.6 Å². The molecule has 6 heteroatoms. The number of ether oxygens (including phenoxy) is 1. The van der Waals surface area contributed by atoms with Crippen LogP contribution in [0.1, 0.15) is 64.7 Å². The molecule has 6 nitrogen and oxygen atoms in total. The molecule has 2 aromatic rings. The first-order valence-corrected chi connectivity index (χ1v) is 8.73. The Hall–Kier alpha value is -3.33. The number of unbranched alkanes of at least 4 members (excludes halogenated alkanes) is 3. The fourth-order valence-corrected chi connectivity index (χ4v) is 2.32. The molecule has 0 saturated carbocycles. The van der Waals surface area contributed by atoms with Crippen molar-refractivity contribution in [2.45, 2.75) is 32.6 Å². The maximum Gasteiger partial charge on any atom is 0.354 e. The summed E-state index contributed by atoms with van der Waals surface area (Å²) in [7, 11) is 0. The van der Waals surface area contributed by atoms with Gasteiger partial charge in [0.05, 0.1) is 6.61 Å². The highest BCUT2D eigenvalue weighted by Crippen LogP contribution is 2.13. The summed E-state index contributed by atoms with van der Waals surface area (Å²) in [5, 5.41) is 18.1. The number of carbonyl (C=O) groups is 2. The third-order valence-electron chi connectivity index (χ3n) is 3.74. The van der Waals surface area contributed by atoms with Gasteiger partial charge in [0.1, 0.15) is 17.1 Å². The molecule has 0 atom stereocenters. The minimum atomic E-state index is -1.30. The van der Waals surface area contributed by atoms with Crippen LogP contribution >= 0.6 is 0 Å². The van der Waals surface area contributed by atoms with Crippen molar-refractivity contribution in [2.24, 2.45) is 0 Å². The van der Waals surface area contributed by atoms with E-state index in [2.05, 4.69) is 23.7 Å². The van der Waals surface area contributed by atoms with Crippen LogP contribution in [0.15, 0.2) is 36.4 Å². The number of nitrogens with zero attached hydrogens (tertiary/aromatic N) is 1. The lowest BCUT2D eigenvalue weighted by Gasteiger charge is -2.05. The van der Waals surface area contributed by atoms with Crippen molar-refractivity contribution >= 4 is 11.9 Å². The van der Waals surface area contributed by atoms with Gasteiger partial charge < -0.3 is 14.9 Å². The third kappa shape index (κ3) is 6.48. The number of carboxylic acids is 2. The monoisotopic (exact) mass is 367 g/mol. The Bertz CT molecular complexity index is 830. The SMILES string of the molecule is CCCCCCOc1ccc(C#Cc2cc(C(=O)O)nc(C(=O)O)c2)cc1. The van der Waals surface area contributed by atoms with E-state index in [1.165, 1.54) is 25.0 Å². The predicted molar refractivity (Wildman–Crippen MR) is 100 cm³/mol. The minimum absolute atomic E-state index is 0.274. The van der Waals surface area contributed by atoms with E-state index in [4.69, 9.17) is 14.9 Å². The summed E-state index contributed by atoms with van der Waals surface area (Å²) < 4.78 is 5.67. The standard InChI is InChI=1S/C21H21NO5/c1-2-3-4-5-12-27-17-10-8-15(9-11-17)6-7-16-13-18(20(23)24)22-19(14-16)21(25)26/h8-11,13-14H,2-5,12H2,1H3,(H,23,24)(H,25,26).